The number of hydrogen-bond donors (Lipinski definition) is 1. The molecule has 1 aliphatic rings. The number of thioether (sulfide) groups is 1. The third kappa shape index (κ3) is 3.76. The Morgan fingerprint density at radius 1 is 1.30 bits per heavy atom. The van der Waals surface area contributed by atoms with Gasteiger partial charge in [-0.05, 0) is 43.2 Å². The van der Waals surface area contributed by atoms with Gasteiger partial charge in [0.25, 0.3) is 0 Å². The molecular weight excluding hydrogens is 272 g/mol. The molecule has 0 spiro atoms. The molecule has 1 saturated heterocycles. The predicted molar refractivity (Wildman–Crippen MR) is 81.8 cm³/mol. The van der Waals surface area contributed by atoms with E-state index in [4.69, 9.17) is 0 Å². The quantitative estimate of drug-likeness (QED) is 0.673. The molecular formula is C15H20N2O2S. The van der Waals surface area contributed by atoms with Crippen molar-refractivity contribution in [3.8, 4) is 0 Å². The number of hydrogen-bond acceptors (Lipinski definition) is 3. The van der Waals surface area contributed by atoms with Crippen molar-refractivity contribution in [3.05, 3.63) is 24.3 Å². The van der Waals surface area contributed by atoms with Crippen LogP contribution in [-0.2, 0) is 9.59 Å². The summed E-state index contributed by atoms with van der Waals surface area (Å²) >= 11 is 1.60. The number of likely N-dealkylation sites (tertiary alicyclic amines) is 1. The SMILES string of the molecule is CSc1cccc(NC(=O)C(=O)N2CCC(C)CC2)c1. The first-order chi connectivity index (χ1) is 9.60. The van der Waals surface area contributed by atoms with E-state index in [9.17, 15) is 9.59 Å². The Bertz CT molecular complexity index is 496. The van der Waals surface area contributed by atoms with Crippen molar-refractivity contribution >= 4 is 29.3 Å². The van der Waals surface area contributed by atoms with Gasteiger partial charge in [0.05, 0.1) is 0 Å². The van der Waals surface area contributed by atoms with E-state index in [1.165, 1.54) is 0 Å². The molecule has 20 heavy (non-hydrogen) atoms. The van der Waals surface area contributed by atoms with E-state index in [1.54, 1.807) is 22.7 Å². The Kier molecular flexibility index (Phi) is 5.06. The maximum absolute atomic E-state index is 12.1. The lowest BCUT2D eigenvalue weighted by Gasteiger charge is -2.29. The van der Waals surface area contributed by atoms with Gasteiger partial charge in [0.15, 0.2) is 0 Å². The van der Waals surface area contributed by atoms with Gasteiger partial charge in [-0.15, -0.1) is 11.8 Å². The van der Waals surface area contributed by atoms with E-state index in [2.05, 4.69) is 12.2 Å². The highest BCUT2D eigenvalue weighted by Crippen LogP contribution is 2.19. The second kappa shape index (κ2) is 6.79. The zero-order chi connectivity index (χ0) is 14.5. The molecule has 0 radical (unpaired) electrons. The second-order valence-corrected chi connectivity index (χ2v) is 6.04. The fraction of sp³-hybridized carbons (Fsp3) is 0.467. The fourth-order valence-electron chi connectivity index (χ4n) is 2.24. The standard InChI is InChI=1S/C15H20N2O2S/c1-11-6-8-17(9-7-11)15(19)14(18)16-12-4-3-5-13(10-12)20-2/h3-5,10-11H,6-9H2,1-2H3,(H,16,18). The summed E-state index contributed by atoms with van der Waals surface area (Å²) in [5, 5.41) is 2.68. The van der Waals surface area contributed by atoms with Crippen molar-refractivity contribution in [3.63, 3.8) is 0 Å². The Balaban J connectivity index is 1.95. The number of nitrogens with one attached hydrogen (secondary N) is 1. The summed E-state index contributed by atoms with van der Waals surface area (Å²) in [6, 6.07) is 7.50. The van der Waals surface area contributed by atoms with Gasteiger partial charge >= 0.3 is 11.8 Å². The van der Waals surface area contributed by atoms with Gasteiger partial charge in [-0.2, -0.15) is 0 Å². The summed E-state index contributed by atoms with van der Waals surface area (Å²) < 4.78 is 0. The van der Waals surface area contributed by atoms with Crippen molar-refractivity contribution in [1.82, 2.24) is 4.90 Å². The smallest absolute Gasteiger partial charge is 0.313 e. The van der Waals surface area contributed by atoms with Crippen LogP contribution in [0.1, 0.15) is 19.8 Å². The fourth-order valence-corrected chi connectivity index (χ4v) is 2.70. The molecule has 0 aliphatic carbocycles. The van der Waals surface area contributed by atoms with Crippen molar-refractivity contribution in [2.24, 2.45) is 5.92 Å². The number of piperidine rings is 1. The number of rotatable bonds is 2. The van der Waals surface area contributed by atoms with Gasteiger partial charge in [-0.3, -0.25) is 9.59 Å². The largest absolute Gasteiger partial charge is 0.334 e. The lowest BCUT2D eigenvalue weighted by molar-refractivity contribution is -0.144. The molecule has 1 aromatic carbocycles. The minimum atomic E-state index is -0.544. The molecule has 0 saturated carbocycles. The van der Waals surface area contributed by atoms with E-state index >= 15 is 0 Å². The monoisotopic (exact) mass is 292 g/mol. The number of carbonyl (C=O) groups excluding carboxylic acids is 2. The average molecular weight is 292 g/mol. The molecule has 0 unspecified atom stereocenters. The van der Waals surface area contributed by atoms with Crippen LogP contribution in [0.3, 0.4) is 0 Å². The van der Waals surface area contributed by atoms with E-state index in [1.807, 2.05) is 24.5 Å². The maximum atomic E-state index is 12.1. The maximum Gasteiger partial charge on any atom is 0.313 e. The van der Waals surface area contributed by atoms with E-state index < -0.39 is 11.8 Å². The normalized spacial score (nSPS) is 16.0. The molecule has 1 aromatic rings. The van der Waals surface area contributed by atoms with Crippen LogP contribution >= 0.6 is 11.8 Å². The Morgan fingerprint density at radius 2 is 2.00 bits per heavy atom. The minimum absolute atomic E-state index is 0.425. The minimum Gasteiger partial charge on any atom is -0.334 e. The van der Waals surface area contributed by atoms with Crippen molar-refractivity contribution < 1.29 is 9.59 Å². The van der Waals surface area contributed by atoms with Gasteiger partial charge < -0.3 is 10.2 Å². The molecule has 1 heterocycles. The van der Waals surface area contributed by atoms with Crippen LogP contribution in [0.2, 0.25) is 0 Å². The molecule has 1 N–H and O–H groups in total. The first kappa shape index (κ1) is 14.9. The molecule has 0 aromatic heterocycles. The molecule has 4 nitrogen and oxygen atoms in total. The summed E-state index contributed by atoms with van der Waals surface area (Å²) in [7, 11) is 0. The Labute approximate surface area is 123 Å². The zero-order valence-electron chi connectivity index (χ0n) is 11.9. The molecule has 2 amide bonds. The van der Waals surface area contributed by atoms with Crippen LogP contribution in [-0.4, -0.2) is 36.1 Å². The van der Waals surface area contributed by atoms with Gasteiger partial charge in [0, 0.05) is 23.7 Å². The van der Waals surface area contributed by atoms with Gasteiger partial charge in [0.1, 0.15) is 0 Å². The van der Waals surface area contributed by atoms with Gasteiger partial charge in [-0.25, -0.2) is 0 Å². The van der Waals surface area contributed by atoms with Crippen LogP contribution in [0, 0.1) is 5.92 Å². The first-order valence-corrected chi connectivity index (χ1v) is 8.07. The van der Waals surface area contributed by atoms with E-state index in [-0.39, 0.29) is 0 Å². The molecule has 1 aliphatic heterocycles. The topological polar surface area (TPSA) is 49.4 Å². The third-order valence-electron chi connectivity index (χ3n) is 3.59. The molecule has 1 fully saturated rings. The van der Waals surface area contributed by atoms with E-state index in [0.29, 0.717) is 24.7 Å². The highest BCUT2D eigenvalue weighted by atomic mass is 32.2. The van der Waals surface area contributed by atoms with Crippen molar-refractivity contribution in [1.29, 1.82) is 0 Å². The highest BCUT2D eigenvalue weighted by Gasteiger charge is 2.25. The summed E-state index contributed by atoms with van der Waals surface area (Å²) in [6.07, 6.45) is 3.92. The third-order valence-corrected chi connectivity index (χ3v) is 4.32. The van der Waals surface area contributed by atoms with Crippen LogP contribution in [0.5, 0.6) is 0 Å². The molecule has 0 bridgehead atoms. The summed E-state index contributed by atoms with van der Waals surface area (Å²) in [5.74, 6) is -0.329. The second-order valence-electron chi connectivity index (χ2n) is 5.16. The van der Waals surface area contributed by atoms with E-state index in [0.717, 1.165) is 17.7 Å². The molecule has 2 rings (SSSR count). The number of anilines is 1. The average Bonchev–Trinajstić information content (AvgIpc) is 2.47. The van der Waals surface area contributed by atoms with Gasteiger partial charge in [0.2, 0.25) is 0 Å². The van der Waals surface area contributed by atoms with Gasteiger partial charge in [-0.1, -0.05) is 13.0 Å². The number of amides is 2. The Morgan fingerprint density at radius 3 is 2.65 bits per heavy atom. The molecule has 0 atom stereocenters. The van der Waals surface area contributed by atoms with Crippen molar-refractivity contribution in [2.45, 2.75) is 24.7 Å². The number of carbonyl (C=O) groups is 2. The summed E-state index contributed by atoms with van der Waals surface area (Å²) in [4.78, 5) is 26.8. The number of benzene rings is 1. The summed E-state index contributed by atoms with van der Waals surface area (Å²) in [6.45, 7) is 3.53. The van der Waals surface area contributed by atoms with Crippen LogP contribution in [0.25, 0.3) is 0 Å². The Hall–Kier alpha value is -1.49. The zero-order valence-corrected chi connectivity index (χ0v) is 12.7. The number of nitrogens with zero attached hydrogens (tertiary/aromatic N) is 1. The first-order valence-electron chi connectivity index (χ1n) is 6.84. The van der Waals surface area contributed by atoms with Crippen LogP contribution < -0.4 is 5.32 Å². The molecule has 5 heteroatoms. The van der Waals surface area contributed by atoms with Crippen LogP contribution in [0.4, 0.5) is 5.69 Å². The lowest BCUT2D eigenvalue weighted by Crippen LogP contribution is -2.43. The van der Waals surface area contributed by atoms with Crippen LogP contribution in [0.15, 0.2) is 29.2 Å². The lowest BCUT2D eigenvalue weighted by atomic mass is 9.99. The highest BCUT2D eigenvalue weighted by molar-refractivity contribution is 7.98. The predicted octanol–water partition coefficient (Wildman–Crippen LogP) is 2.61. The summed E-state index contributed by atoms with van der Waals surface area (Å²) in [5.41, 5.74) is 0.667. The van der Waals surface area contributed by atoms with Crippen molar-refractivity contribution in [2.75, 3.05) is 24.7 Å². The molecule has 108 valence electrons.